The molecule has 1 saturated heterocycles. The summed E-state index contributed by atoms with van der Waals surface area (Å²) in [6.07, 6.45) is 0.772. The molecule has 2 unspecified atom stereocenters. The molecule has 132 valence electrons. The fraction of sp³-hybridized carbons (Fsp3) is 0.438. The van der Waals surface area contributed by atoms with Crippen LogP contribution >= 0.6 is 0 Å². The third kappa shape index (κ3) is 3.65. The van der Waals surface area contributed by atoms with Crippen molar-refractivity contribution in [1.82, 2.24) is 30.4 Å². The number of likely N-dealkylation sites (N-methyl/N-ethyl adjacent to an activating group) is 1. The topological polar surface area (TPSA) is 93.0 Å². The van der Waals surface area contributed by atoms with Gasteiger partial charge in [0.2, 0.25) is 11.8 Å². The van der Waals surface area contributed by atoms with Gasteiger partial charge < -0.3 is 10.2 Å². The summed E-state index contributed by atoms with van der Waals surface area (Å²) in [5.41, 5.74) is 0.643. The van der Waals surface area contributed by atoms with Crippen LogP contribution in [0, 0.1) is 12.7 Å². The number of nitrogens with one attached hydrogen (secondary N) is 1. The number of aromatic nitrogens is 4. The van der Waals surface area contributed by atoms with Gasteiger partial charge in [-0.05, 0) is 41.5 Å². The lowest BCUT2D eigenvalue weighted by atomic mass is 10.0. The summed E-state index contributed by atoms with van der Waals surface area (Å²) in [4.78, 5) is 26.4. The first-order valence-corrected chi connectivity index (χ1v) is 8.00. The second kappa shape index (κ2) is 6.96. The lowest BCUT2D eigenvalue weighted by Crippen LogP contribution is -2.44. The number of hydrogen-bond donors (Lipinski definition) is 1. The lowest BCUT2D eigenvalue weighted by molar-refractivity contribution is -0.133. The molecule has 1 aliphatic rings. The zero-order valence-electron chi connectivity index (χ0n) is 14.0. The highest BCUT2D eigenvalue weighted by molar-refractivity contribution is 5.90. The first-order chi connectivity index (χ1) is 12.0. The predicted octanol–water partition coefficient (Wildman–Crippen LogP) is 0.251. The zero-order chi connectivity index (χ0) is 18.0. The maximum atomic E-state index is 13.5. The number of benzene rings is 1. The Morgan fingerprint density at radius 2 is 2.28 bits per heavy atom. The fourth-order valence-electron chi connectivity index (χ4n) is 2.93. The van der Waals surface area contributed by atoms with Crippen LogP contribution in [0.25, 0.3) is 0 Å². The van der Waals surface area contributed by atoms with Crippen LogP contribution < -0.4 is 5.32 Å². The number of carbonyl (C=O) groups is 2. The third-order valence-corrected chi connectivity index (χ3v) is 4.32. The summed E-state index contributed by atoms with van der Waals surface area (Å²) in [5.74, 6) is -0.399. The van der Waals surface area contributed by atoms with E-state index >= 15 is 0 Å². The minimum Gasteiger partial charge on any atom is -0.344 e. The Morgan fingerprint density at radius 1 is 1.48 bits per heavy atom. The van der Waals surface area contributed by atoms with Crippen molar-refractivity contribution < 1.29 is 14.0 Å². The molecule has 2 atom stereocenters. The van der Waals surface area contributed by atoms with Crippen molar-refractivity contribution in [3.05, 3.63) is 41.5 Å². The van der Waals surface area contributed by atoms with Crippen molar-refractivity contribution >= 4 is 11.8 Å². The zero-order valence-corrected chi connectivity index (χ0v) is 14.0. The number of carbonyl (C=O) groups excluding carboxylic acids is 2. The maximum Gasteiger partial charge on any atom is 0.246 e. The first kappa shape index (κ1) is 17.0. The molecule has 9 heteroatoms. The van der Waals surface area contributed by atoms with Gasteiger partial charge in [-0.1, -0.05) is 12.1 Å². The molecule has 0 saturated carbocycles. The van der Waals surface area contributed by atoms with Crippen LogP contribution in [0.4, 0.5) is 4.39 Å². The molecule has 8 nitrogen and oxygen atoms in total. The molecule has 1 fully saturated rings. The average molecular weight is 346 g/mol. The van der Waals surface area contributed by atoms with Crippen molar-refractivity contribution in [2.24, 2.45) is 0 Å². The number of likely N-dealkylation sites (tertiary alicyclic amines) is 1. The maximum absolute atomic E-state index is 13.5. The van der Waals surface area contributed by atoms with Gasteiger partial charge in [-0.15, -0.1) is 5.10 Å². The number of halogens is 1. The molecular weight excluding hydrogens is 327 g/mol. The van der Waals surface area contributed by atoms with Gasteiger partial charge >= 0.3 is 0 Å². The standard InChI is InChI=1S/C16H19FN6O2/c1-10-19-20-21-23(10)14(9-11-4-3-5-12(17)8-11)15(24)18-13-6-7-22(2)16(13)25/h3-5,8,13-14H,6-7,9H2,1-2H3,(H,18,24). The largest absolute Gasteiger partial charge is 0.344 e. The van der Waals surface area contributed by atoms with Gasteiger partial charge in [0.25, 0.3) is 0 Å². The van der Waals surface area contributed by atoms with Gasteiger partial charge in [0.1, 0.15) is 23.7 Å². The Bertz CT molecular complexity index is 792. The minimum atomic E-state index is -0.768. The second-order valence-corrected chi connectivity index (χ2v) is 6.13. The van der Waals surface area contributed by atoms with Crippen LogP contribution in [-0.2, 0) is 16.0 Å². The summed E-state index contributed by atoms with van der Waals surface area (Å²) in [7, 11) is 1.70. The number of nitrogens with zero attached hydrogens (tertiary/aromatic N) is 5. The summed E-state index contributed by atoms with van der Waals surface area (Å²) in [6, 6.07) is 4.71. The van der Waals surface area contributed by atoms with Crippen LogP contribution in [0.2, 0.25) is 0 Å². The molecule has 25 heavy (non-hydrogen) atoms. The van der Waals surface area contributed by atoms with Crippen LogP contribution in [0.5, 0.6) is 0 Å². The van der Waals surface area contributed by atoms with Gasteiger partial charge in [0, 0.05) is 20.0 Å². The van der Waals surface area contributed by atoms with E-state index in [0.717, 1.165) is 0 Å². The summed E-state index contributed by atoms with van der Waals surface area (Å²) < 4.78 is 14.9. The van der Waals surface area contributed by atoms with Crippen LogP contribution in [0.15, 0.2) is 24.3 Å². The van der Waals surface area contributed by atoms with E-state index in [1.54, 1.807) is 31.0 Å². The van der Waals surface area contributed by atoms with Crippen molar-refractivity contribution in [1.29, 1.82) is 0 Å². The van der Waals surface area contributed by atoms with Crippen LogP contribution in [0.3, 0.4) is 0 Å². The molecule has 1 N–H and O–H groups in total. The Balaban J connectivity index is 1.82. The number of aryl methyl sites for hydroxylation is 1. The Kier molecular flexibility index (Phi) is 4.73. The molecule has 2 heterocycles. The Hall–Kier alpha value is -2.84. The van der Waals surface area contributed by atoms with E-state index in [1.807, 2.05) is 0 Å². The molecular formula is C16H19FN6O2. The molecule has 2 aromatic rings. The number of amides is 2. The quantitative estimate of drug-likeness (QED) is 0.838. The van der Waals surface area contributed by atoms with E-state index in [9.17, 15) is 14.0 Å². The fourth-order valence-corrected chi connectivity index (χ4v) is 2.93. The molecule has 0 radical (unpaired) electrons. The third-order valence-electron chi connectivity index (χ3n) is 4.32. The van der Waals surface area contributed by atoms with Gasteiger partial charge in [0.15, 0.2) is 0 Å². The van der Waals surface area contributed by atoms with Crippen molar-refractivity contribution in [3.63, 3.8) is 0 Å². The molecule has 0 spiro atoms. The average Bonchev–Trinajstić information content (AvgIpc) is 3.13. The summed E-state index contributed by atoms with van der Waals surface area (Å²) in [6.45, 7) is 2.28. The number of hydrogen-bond acceptors (Lipinski definition) is 5. The monoisotopic (exact) mass is 346 g/mol. The molecule has 0 aliphatic carbocycles. The number of rotatable bonds is 5. The molecule has 2 amide bonds. The van der Waals surface area contributed by atoms with Crippen LogP contribution in [0.1, 0.15) is 23.9 Å². The molecule has 1 aromatic carbocycles. The van der Waals surface area contributed by atoms with Gasteiger partial charge in [-0.2, -0.15) is 0 Å². The van der Waals surface area contributed by atoms with E-state index in [-0.39, 0.29) is 24.1 Å². The number of tetrazole rings is 1. The van der Waals surface area contributed by atoms with Crippen molar-refractivity contribution in [3.8, 4) is 0 Å². The summed E-state index contributed by atoms with van der Waals surface area (Å²) in [5, 5.41) is 14.0. The smallest absolute Gasteiger partial charge is 0.246 e. The van der Waals surface area contributed by atoms with E-state index in [2.05, 4.69) is 20.8 Å². The van der Waals surface area contributed by atoms with E-state index < -0.39 is 12.1 Å². The van der Waals surface area contributed by atoms with Crippen molar-refractivity contribution in [2.75, 3.05) is 13.6 Å². The molecule has 1 aliphatic heterocycles. The van der Waals surface area contributed by atoms with Gasteiger partial charge in [0.05, 0.1) is 0 Å². The highest BCUT2D eigenvalue weighted by atomic mass is 19.1. The van der Waals surface area contributed by atoms with E-state index in [0.29, 0.717) is 24.4 Å². The Morgan fingerprint density at radius 3 is 2.88 bits per heavy atom. The first-order valence-electron chi connectivity index (χ1n) is 8.00. The SMILES string of the molecule is Cc1nnnn1C(Cc1cccc(F)c1)C(=O)NC1CCN(C)C1=O. The highest BCUT2D eigenvalue weighted by Crippen LogP contribution is 2.17. The second-order valence-electron chi connectivity index (χ2n) is 6.13. The normalized spacial score (nSPS) is 18.4. The molecule has 3 rings (SSSR count). The van der Waals surface area contributed by atoms with Gasteiger partial charge in [-0.25, -0.2) is 9.07 Å². The Labute approximate surface area is 144 Å². The van der Waals surface area contributed by atoms with Gasteiger partial charge in [-0.3, -0.25) is 9.59 Å². The molecule has 0 bridgehead atoms. The lowest BCUT2D eigenvalue weighted by Gasteiger charge is -2.20. The van der Waals surface area contributed by atoms with E-state index in [1.165, 1.54) is 16.8 Å². The highest BCUT2D eigenvalue weighted by Gasteiger charge is 2.33. The van der Waals surface area contributed by atoms with Crippen LogP contribution in [-0.4, -0.2) is 56.6 Å². The summed E-state index contributed by atoms with van der Waals surface area (Å²) >= 11 is 0. The molecule has 1 aromatic heterocycles. The van der Waals surface area contributed by atoms with Crippen molar-refractivity contribution in [2.45, 2.75) is 31.8 Å². The predicted molar refractivity (Wildman–Crippen MR) is 85.9 cm³/mol. The minimum absolute atomic E-state index is 0.119. The van der Waals surface area contributed by atoms with E-state index in [4.69, 9.17) is 0 Å².